The fourth-order valence-corrected chi connectivity index (χ4v) is 4.64. The molecule has 0 aromatic heterocycles. The van der Waals surface area contributed by atoms with Gasteiger partial charge in [-0.3, -0.25) is 4.90 Å². The van der Waals surface area contributed by atoms with E-state index in [2.05, 4.69) is 27.7 Å². The molecule has 0 bridgehead atoms. The quantitative estimate of drug-likeness (QED) is 0.840. The zero-order valence-electron chi connectivity index (χ0n) is 14.8. The minimum absolute atomic E-state index is 0.0153. The molecular weight excluding hydrogens is 334 g/mol. The lowest BCUT2D eigenvalue weighted by molar-refractivity contribution is 0.227. The van der Waals surface area contributed by atoms with Gasteiger partial charge in [0.15, 0.2) is 0 Å². The summed E-state index contributed by atoms with van der Waals surface area (Å²) in [5.41, 5.74) is 1.40. The van der Waals surface area contributed by atoms with Crippen LogP contribution in [0.4, 0.5) is 4.79 Å². The molecule has 1 saturated heterocycles. The Bertz CT molecular complexity index is 608. The van der Waals surface area contributed by atoms with Crippen LogP contribution in [0.5, 0.6) is 0 Å². The SMILES string of the molecule is O=C(NCC1(c2ccc(Cl)cc2)CC1)NC1CCN(C2CCCC2)C1. The van der Waals surface area contributed by atoms with Crippen molar-refractivity contribution in [1.29, 1.82) is 0 Å². The molecule has 2 aliphatic carbocycles. The lowest BCUT2D eigenvalue weighted by Gasteiger charge is -2.23. The molecule has 1 aromatic rings. The number of benzene rings is 1. The molecule has 5 heteroatoms. The predicted octanol–water partition coefficient (Wildman–Crippen LogP) is 3.69. The molecule has 2 N–H and O–H groups in total. The maximum atomic E-state index is 12.3. The number of nitrogens with zero attached hydrogens (tertiary/aromatic N) is 1. The van der Waals surface area contributed by atoms with Gasteiger partial charge in [-0.1, -0.05) is 36.6 Å². The van der Waals surface area contributed by atoms with E-state index in [0.29, 0.717) is 12.6 Å². The minimum Gasteiger partial charge on any atom is -0.337 e. The lowest BCUT2D eigenvalue weighted by Crippen LogP contribution is -2.46. The summed E-state index contributed by atoms with van der Waals surface area (Å²) < 4.78 is 0. The van der Waals surface area contributed by atoms with Gasteiger partial charge in [0.2, 0.25) is 0 Å². The molecule has 0 radical (unpaired) electrons. The van der Waals surface area contributed by atoms with Crippen LogP contribution in [0.3, 0.4) is 0 Å². The number of urea groups is 1. The van der Waals surface area contributed by atoms with E-state index < -0.39 is 0 Å². The number of nitrogens with one attached hydrogen (secondary N) is 2. The fraction of sp³-hybridized carbons (Fsp3) is 0.650. The standard InChI is InChI=1S/C20H28ClN3O/c21-16-7-5-15(6-8-16)20(10-11-20)14-22-19(25)23-17-9-12-24(13-17)18-3-1-2-4-18/h5-8,17-18H,1-4,9-14H2,(H2,22,23,25). The largest absolute Gasteiger partial charge is 0.337 e. The second-order valence-electron chi connectivity index (χ2n) is 8.03. The molecule has 0 spiro atoms. The molecule has 1 aromatic carbocycles. The predicted molar refractivity (Wildman–Crippen MR) is 101 cm³/mol. The zero-order valence-corrected chi connectivity index (χ0v) is 15.5. The van der Waals surface area contributed by atoms with Crippen LogP contribution < -0.4 is 10.6 Å². The Balaban J connectivity index is 1.24. The van der Waals surface area contributed by atoms with Crippen LogP contribution in [-0.4, -0.2) is 42.6 Å². The molecule has 1 aliphatic heterocycles. The highest BCUT2D eigenvalue weighted by Gasteiger charge is 2.44. The zero-order chi connectivity index (χ0) is 17.3. The summed E-state index contributed by atoms with van der Waals surface area (Å²) in [5.74, 6) is 0. The second kappa shape index (κ2) is 7.16. The molecule has 4 nitrogen and oxygen atoms in total. The third kappa shape index (κ3) is 3.95. The number of likely N-dealkylation sites (tertiary alicyclic amines) is 1. The van der Waals surface area contributed by atoms with Crippen LogP contribution in [0.2, 0.25) is 5.02 Å². The van der Waals surface area contributed by atoms with Crippen molar-refractivity contribution in [2.45, 2.75) is 62.4 Å². The smallest absolute Gasteiger partial charge is 0.315 e. The maximum Gasteiger partial charge on any atom is 0.315 e. The third-order valence-electron chi connectivity index (χ3n) is 6.29. The van der Waals surface area contributed by atoms with Gasteiger partial charge in [0.25, 0.3) is 0 Å². The molecule has 3 aliphatic rings. The van der Waals surface area contributed by atoms with Gasteiger partial charge in [-0.15, -0.1) is 0 Å². The van der Waals surface area contributed by atoms with Gasteiger partial charge >= 0.3 is 6.03 Å². The highest BCUT2D eigenvalue weighted by atomic mass is 35.5. The van der Waals surface area contributed by atoms with Crippen LogP contribution in [0.25, 0.3) is 0 Å². The summed E-state index contributed by atoms with van der Waals surface area (Å²) in [6.07, 6.45) is 8.75. The third-order valence-corrected chi connectivity index (χ3v) is 6.55. The average Bonchev–Trinajstić information content (AvgIpc) is 2.99. The summed E-state index contributed by atoms with van der Waals surface area (Å²) in [6, 6.07) is 9.09. The Hall–Kier alpha value is -1.26. The Morgan fingerprint density at radius 1 is 1.16 bits per heavy atom. The van der Waals surface area contributed by atoms with Gasteiger partial charge in [0.05, 0.1) is 0 Å². The van der Waals surface area contributed by atoms with E-state index in [1.54, 1.807) is 0 Å². The van der Waals surface area contributed by atoms with Gasteiger partial charge in [-0.25, -0.2) is 4.79 Å². The molecule has 25 heavy (non-hydrogen) atoms. The lowest BCUT2D eigenvalue weighted by atomic mass is 9.96. The van der Waals surface area contributed by atoms with Crippen LogP contribution in [0.1, 0.15) is 50.5 Å². The fourth-order valence-electron chi connectivity index (χ4n) is 4.51. The molecule has 4 rings (SSSR count). The van der Waals surface area contributed by atoms with E-state index in [9.17, 15) is 4.79 Å². The molecule has 1 atom stereocenters. The Kier molecular flexibility index (Phi) is 4.92. The van der Waals surface area contributed by atoms with Crippen LogP contribution in [-0.2, 0) is 5.41 Å². The van der Waals surface area contributed by atoms with E-state index in [-0.39, 0.29) is 11.4 Å². The molecular formula is C20H28ClN3O. The first kappa shape index (κ1) is 17.2. The first-order valence-corrected chi connectivity index (χ1v) is 10.1. The van der Waals surface area contributed by atoms with E-state index in [1.807, 2.05) is 12.1 Å². The second-order valence-corrected chi connectivity index (χ2v) is 8.47. The normalized spacial score (nSPS) is 25.9. The van der Waals surface area contributed by atoms with Gasteiger partial charge in [0, 0.05) is 42.2 Å². The Labute approximate surface area is 155 Å². The molecule has 3 fully saturated rings. The van der Waals surface area contributed by atoms with Gasteiger partial charge in [-0.05, 0) is 49.8 Å². The van der Waals surface area contributed by atoms with E-state index in [1.165, 1.54) is 31.2 Å². The van der Waals surface area contributed by atoms with Crippen molar-refractivity contribution in [2.24, 2.45) is 0 Å². The molecule has 136 valence electrons. The van der Waals surface area contributed by atoms with Gasteiger partial charge in [0.1, 0.15) is 0 Å². The van der Waals surface area contributed by atoms with E-state index >= 15 is 0 Å². The first-order chi connectivity index (χ1) is 12.1. The summed E-state index contributed by atoms with van der Waals surface area (Å²) in [5, 5.41) is 7.05. The monoisotopic (exact) mass is 361 g/mol. The topological polar surface area (TPSA) is 44.4 Å². The van der Waals surface area contributed by atoms with Crippen molar-refractivity contribution in [1.82, 2.24) is 15.5 Å². The summed E-state index contributed by atoms with van der Waals surface area (Å²) in [7, 11) is 0. The number of amides is 2. The number of halogens is 1. The summed E-state index contributed by atoms with van der Waals surface area (Å²) in [4.78, 5) is 14.9. The number of carbonyl (C=O) groups is 1. The van der Waals surface area contributed by atoms with Crippen molar-refractivity contribution in [3.63, 3.8) is 0 Å². The first-order valence-electron chi connectivity index (χ1n) is 9.69. The van der Waals surface area contributed by atoms with Crippen molar-refractivity contribution >= 4 is 17.6 Å². The average molecular weight is 362 g/mol. The van der Waals surface area contributed by atoms with E-state index in [4.69, 9.17) is 11.6 Å². The van der Waals surface area contributed by atoms with Crippen LogP contribution in [0, 0.1) is 0 Å². The summed E-state index contributed by atoms with van der Waals surface area (Å²) >= 11 is 5.98. The maximum absolute atomic E-state index is 12.3. The Morgan fingerprint density at radius 3 is 2.56 bits per heavy atom. The van der Waals surface area contributed by atoms with Crippen molar-refractivity contribution in [2.75, 3.05) is 19.6 Å². The number of hydrogen-bond acceptors (Lipinski definition) is 2. The molecule has 1 heterocycles. The van der Waals surface area contributed by atoms with Crippen LogP contribution in [0.15, 0.2) is 24.3 Å². The van der Waals surface area contributed by atoms with Gasteiger partial charge in [-0.2, -0.15) is 0 Å². The number of rotatable bonds is 5. The number of carbonyl (C=O) groups excluding carboxylic acids is 1. The Morgan fingerprint density at radius 2 is 1.88 bits per heavy atom. The molecule has 2 saturated carbocycles. The summed E-state index contributed by atoms with van der Waals surface area (Å²) in [6.45, 7) is 2.85. The van der Waals surface area contributed by atoms with Crippen molar-refractivity contribution < 1.29 is 4.79 Å². The van der Waals surface area contributed by atoms with Gasteiger partial charge < -0.3 is 10.6 Å². The highest BCUT2D eigenvalue weighted by Crippen LogP contribution is 2.47. The van der Waals surface area contributed by atoms with E-state index in [0.717, 1.165) is 43.4 Å². The molecule has 2 amide bonds. The highest BCUT2D eigenvalue weighted by molar-refractivity contribution is 6.30. The van der Waals surface area contributed by atoms with Crippen molar-refractivity contribution in [3.05, 3.63) is 34.9 Å². The molecule has 1 unspecified atom stereocenters. The van der Waals surface area contributed by atoms with Crippen molar-refractivity contribution in [3.8, 4) is 0 Å². The minimum atomic E-state index is -0.0153. The van der Waals surface area contributed by atoms with Crippen LogP contribution >= 0.6 is 11.6 Å². The number of hydrogen-bond donors (Lipinski definition) is 2.